The summed E-state index contributed by atoms with van der Waals surface area (Å²) in [5.41, 5.74) is -0.330. The number of alkyl halides is 3. The lowest BCUT2D eigenvalue weighted by Gasteiger charge is -2.62. The number of hydrogen-bond donors (Lipinski definition) is 3. The minimum absolute atomic E-state index is 0.0108. The summed E-state index contributed by atoms with van der Waals surface area (Å²) in [7, 11) is 0. The summed E-state index contributed by atoms with van der Waals surface area (Å²) < 4.78 is 40.2. The van der Waals surface area contributed by atoms with Crippen molar-refractivity contribution < 1.29 is 28.5 Å². The van der Waals surface area contributed by atoms with Gasteiger partial charge in [0.2, 0.25) is 0 Å². The molecule has 6 heteroatoms. The first-order valence-electron chi connectivity index (χ1n) is 15.1. The molecule has 4 aliphatic carbocycles. The Morgan fingerprint density at radius 2 is 1.53 bits per heavy atom. The number of aliphatic hydroxyl groups is 3. The predicted molar refractivity (Wildman–Crippen MR) is 142 cm³/mol. The maximum atomic E-state index is 13.4. The largest absolute Gasteiger partial charge is 0.416 e. The van der Waals surface area contributed by atoms with Gasteiger partial charge in [-0.15, -0.1) is 0 Å². The molecular formula is C32H47F3O3. The normalized spacial score (nSPS) is 42.6. The number of benzene rings is 1. The SMILES string of the molecule is CC(CCCC(O)c1ccccc1C(F)(F)F)[C@H]1CC[C@H]2[C@@H]3CC[C@H]4[C@@H](O)[C@@H](O)CC[C@]4(C)[C@H]3CC[C@]12C. The average Bonchev–Trinajstić information content (AvgIpc) is 3.23. The Morgan fingerprint density at radius 1 is 0.868 bits per heavy atom. The molecule has 1 aromatic carbocycles. The molecule has 4 aliphatic rings. The minimum Gasteiger partial charge on any atom is -0.390 e. The number of hydrogen-bond acceptors (Lipinski definition) is 3. The van der Waals surface area contributed by atoms with Crippen molar-refractivity contribution in [3.05, 3.63) is 35.4 Å². The molecule has 0 aliphatic heterocycles. The third kappa shape index (κ3) is 4.75. The Labute approximate surface area is 226 Å². The van der Waals surface area contributed by atoms with E-state index in [0.29, 0.717) is 42.4 Å². The molecule has 4 fully saturated rings. The molecule has 0 aromatic heterocycles. The van der Waals surface area contributed by atoms with Crippen molar-refractivity contribution >= 4 is 0 Å². The fraction of sp³-hybridized carbons (Fsp3) is 0.812. The Hall–Kier alpha value is -1.11. The highest BCUT2D eigenvalue weighted by Gasteiger charge is 2.61. The van der Waals surface area contributed by atoms with Crippen LogP contribution in [-0.2, 0) is 6.18 Å². The second kappa shape index (κ2) is 10.4. The topological polar surface area (TPSA) is 60.7 Å². The third-order valence-corrected chi connectivity index (χ3v) is 12.2. The smallest absolute Gasteiger partial charge is 0.390 e. The van der Waals surface area contributed by atoms with Gasteiger partial charge in [-0.25, -0.2) is 0 Å². The van der Waals surface area contributed by atoms with Crippen LogP contribution in [0.1, 0.15) is 109 Å². The summed E-state index contributed by atoms with van der Waals surface area (Å²) in [4.78, 5) is 0. The summed E-state index contributed by atoms with van der Waals surface area (Å²) in [6.07, 6.45) is 4.04. The molecule has 214 valence electrons. The van der Waals surface area contributed by atoms with Gasteiger partial charge in [0, 0.05) is 0 Å². The van der Waals surface area contributed by atoms with Gasteiger partial charge in [0.25, 0.3) is 0 Å². The average molecular weight is 537 g/mol. The first kappa shape index (κ1) is 28.4. The highest BCUT2D eigenvalue weighted by atomic mass is 19.4. The van der Waals surface area contributed by atoms with Gasteiger partial charge in [0.15, 0.2) is 0 Å². The molecule has 1 aromatic rings. The molecule has 2 unspecified atom stereocenters. The second-order valence-electron chi connectivity index (χ2n) is 13.9. The molecule has 3 N–H and O–H groups in total. The van der Waals surface area contributed by atoms with Crippen LogP contribution in [0.4, 0.5) is 13.2 Å². The van der Waals surface area contributed by atoms with Crippen LogP contribution < -0.4 is 0 Å². The van der Waals surface area contributed by atoms with Crippen LogP contribution in [0, 0.1) is 46.3 Å². The number of fused-ring (bicyclic) bond motifs is 5. The molecule has 5 rings (SSSR count). The van der Waals surface area contributed by atoms with E-state index in [1.807, 2.05) is 0 Å². The summed E-state index contributed by atoms with van der Waals surface area (Å²) in [5.74, 6) is 3.30. The van der Waals surface area contributed by atoms with Crippen LogP contribution in [0.3, 0.4) is 0 Å². The maximum Gasteiger partial charge on any atom is 0.416 e. The van der Waals surface area contributed by atoms with Gasteiger partial charge in [0.05, 0.1) is 23.9 Å². The molecule has 0 heterocycles. The summed E-state index contributed by atoms with van der Waals surface area (Å²) in [6, 6.07) is 5.40. The van der Waals surface area contributed by atoms with Crippen LogP contribution in [0.5, 0.6) is 0 Å². The molecule has 38 heavy (non-hydrogen) atoms. The molecule has 11 atom stereocenters. The van der Waals surface area contributed by atoms with Gasteiger partial charge >= 0.3 is 6.18 Å². The molecule has 0 bridgehead atoms. The molecular weight excluding hydrogens is 489 g/mol. The second-order valence-corrected chi connectivity index (χ2v) is 13.9. The van der Waals surface area contributed by atoms with E-state index in [-0.39, 0.29) is 22.3 Å². The van der Waals surface area contributed by atoms with E-state index in [2.05, 4.69) is 20.8 Å². The summed E-state index contributed by atoms with van der Waals surface area (Å²) in [6.45, 7) is 7.21. The monoisotopic (exact) mass is 536 g/mol. The standard InChI is InChI=1S/C32H47F3O3/c1-19(7-6-10-27(36)21-8-4-5-9-25(21)32(33,34)35)22-13-14-23-20-11-12-26-29(38)28(37)16-18-31(26,3)24(20)15-17-30(22,23)2/h4-5,8-9,19-20,22-24,26-29,36-38H,6-7,10-18H2,1-3H3/t19?,20-,22+,23-,24-,26-,27?,28-,29+,30+,31+/m0/s1. The molecule has 4 saturated carbocycles. The number of rotatable bonds is 6. The van der Waals surface area contributed by atoms with E-state index < -0.39 is 30.1 Å². The Morgan fingerprint density at radius 3 is 2.26 bits per heavy atom. The van der Waals surface area contributed by atoms with E-state index in [0.717, 1.165) is 38.2 Å². The molecule has 0 saturated heterocycles. The van der Waals surface area contributed by atoms with E-state index in [4.69, 9.17) is 0 Å². The van der Waals surface area contributed by atoms with Crippen LogP contribution >= 0.6 is 0 Å². The van der Waals surface area contributed by atoms with Crippen LogP contribution in [0.15, 0.2) is 24.3 Å². The molecule has 0 amide bonds. The fourth-order valence-electron chi connectivity index (χ4n) is 10.3. The van der Waals surface area contributed by atoms with Gasteiger partial charge in [-0.3, -0.25) is 0 Å². The van der Waals surface area contributed by atoms with Gasteiger partial charge < -0.3 is 15.3 Å². The number of aliphatic hydroxyl groups excluding tert-OH is 3. The first-order valence-corrected chi connectivity index (χ1v) is 15.1. The Balaban J connectivity index is 1.21. The first-order chi connectivity index (χ1) is 17.9. The zero-order valence-electron chi connectivity index (χ0n) is 23.3. The fourth-order valence-corrected chi connectivity index (χ4v) is 10.3. The van der Waals surface area contributed by atoms with Crippen LogP contribution in [0.2, 0.25) is 0 Å². The quantitative estimate of drug-likeness (QED) is 0.352. The lowest BCUT2D eigenvalue weighted by molar-refractivity contribution is -0.174. The number of halogens is 3. The van der Waals surface area contributed by atoms with Crippen molar-refractivity contribution in [1.29, 1.82) is 0 Å². The highest BCUT2D eigenvalue weighted by molar-refractivity contribution is 5.31. The van der Waals surface area contributed by atoms with Crippen molar-refractivity contribution in [3.63, 3.8) is 0 Å². The van der Waals surface area contributed by atoms with Gasteiger partial charge in [-0.05, 0) is 116 Å². The van der Waals surface area contributed by atoms with E-state index >= 15 is 0 Å². The minimum atomic E-state index is -4.46. The zero-order valence-corrected chi connectivity index (χ0v) is 23.3. The zero-order chi connectivity index (χ0) is 27.5. The molecule has 0 spiro atoms. The Kier molecular flexibility index (Phi) is 7.76. The van der Waals surface area contributed by atoms with E-state index in [1.165, 1.54) is 37.8 Å². The van der Waals surface area contributed by atoms with Crippen molar-refractivity contribution in [2.45, 2.75) is 116 Å². The highest BCUT2D eigenvalue weighted by Crippen LogP contribution is 2.68. The summed E-state index contributed by atoms with van der Waals surface area (Å²) >= 11 is 0. The van der Waals surface area contributed by atoms with Gasteiger partial charge in [-0.2, -0.15) is 13.2 Å². The van der Waals surface area contributed by atoms with E-state index in [1.54, 1.807) is 6.07 Å². The van der Waals surface area contributed by atoms with Crippen LogP contribution in [-0.4, -0.2) is 27.5 Å². The van der Waals surface area contributed by atoms with Crippen molar-refractivity contribution in [2.24, 2.45) is 46.3 Å². The van der Waals surface area contributed by atoms with Crippen LogP contribution in [0.25, 0.3) is 0 Å². The Bertz CT molecular complexity index is 981. The third-order valence-electron chi connectivity index (χ3n) is 12.2. The van der Waals surface area contributed by atoms with Gasteiger partial charge in [-0.1, -0.05) is 51.8 Å². The van der Waals surface area contributed by atoms with Gasteiger partial charge in [0.1, 0.15) is 0 Å². The van der Waals surface area contributed by atoms with Crippen molar-refractivity contribution in [3.8, 4) is 0 Å². The van der Waals surface area contributed by atoms with E-state index in [9.17, 15) is 28.5 Å². The molecule has 3 nitrogen and oxygen atoms in total. The predicted octanol–water partition coefficient (Wildman–Crippen LogP) is 7.54. The van der Waals surface area contributed by atoms with Crippen molar-refractivity contribution in [2.75, 3.05) is 0 Å². The van der Waals surface area contributed by atoms with Crippen molar-refractivity contribution in [1.82, 2.24) is 0 Å². The lowest BCUT2D eigenvalue weighted by atomic mass is 9.44. The molecule has 0 radical (unpaired) electrons. The lowest BCUT2D eigenvalue weighted by Crippen LogP contribution is -2.58. The maximum absolute atomic E-state index is 13.4. The summed E-state index contributed by atoms with van der Waals surface area (Å²) in [5, 5.41) is 31.8.